The molecule has 2 heterocycles. The van der Waals surface area contributed by atoms with Crippen molar-refractivity contribution in [1.82, 2.24) is 14.7 Å². The van der Waals surface area contributed by atoms with Crippen LogP contribution >= 0.6 is 0 Å². The van der Waals surface area contributed by atoms with Crippen molar-refractivity contribution in [3.63, 3.8) is 0 Å². The molecule has 2 aromatic rings. The number of aryl methyl sites for hydroxylation is 1. The highest BCUT2D eigenvalue weighted by Gasteiger charge is 2.23. The Morgan fingerprint density at radius 1 is 1.07 bits per heavy atom. The predicted octanol–water partition coefficient (Wildman–Crippen LogP) is 3.03. The van der Waals surface area contributed by atoms with E-state index in [0.717, 1.165) is 24.2 Å². The molecule has 28 heavy (non-hydrogen) atoms. The van der Waals surface area contributed by atoms with E-state index in [1.165, 1.54) is 12.8 Å². The van der Waals surface area contributed by atoms with Gasteiger partial charge in [-0.05, 0) is 44.0 Å². The van der Waals surface area contributed by atoms with Crippen molar-refractivity contribution in [2.45, 2.75) is 38.6 Å². The summed E-state index contributed by atoms with van der Waals surface area (Å²) in [5, 5.41) is 7.49. The number of anilines is 1. The maximum absolute atomic E-state index is 12.8. The fourth-order valence-electron chi connectivity index (χ4n) is 3.92. The van der Waals surface area contributed by atoms with Gasteiger partial charge in [-0.2, -0.15) is 5.10 Å². The SMILES string of the molecule is Cc1cnn(C2CCCC2)c1NC(=O)c1ccc(C(=O)N2CCOCC2)cc1. The third kappa shape index (κ3) is 3.80. The summed E-state index contributed by atoms with van der Waals surface area (Å²) < 4.78 is 7.24. The fraction of sp³-hybridized carbons (Fsp3) is 0.476. The smallest absolute Gasteiger partial charge is 0.256 e. The van der Waals surface area contributed by atoms with Gasteiger partial charge in [-0.25, -0.2) is 4.68 Å². The van der Waals surface area contributed by atoms with Crippen LogP contribution in [0.15, 0.2) is 30.5 Å². The molecule has 2 aliphatic rings. The van der Waals surface area contributed by atoms with Crippen molar-refractivity contribution in [2.24, 2.45) is 0 Å². The van der Waals surface area contributed by atoms with Crippen LogP contribution in [0, 0.1) is 6.92 Å². The molecule has 4 rings (SSSR count). The van der Waals surface area contributed by atoms with Crippen LogP contribution < -0.4 is 5.32 Å². The van der Waals surface area contributed by atoms with Crippen LogP contribution in [0.25, 0.3) is 0 Å². The zero-order valence-corrected chi connectivity index (χ0v) is 16.2. The number of aromatic nitrogens is 2. The van der Waals surface area contributed by atoms with Crippen molar-refractivity contribution in [3.8, 4) is 0 Å². The van der Waals surface area contributed by atoms with E-state index in [9.17, 15) is 9.59 Å². The average Bonchev–Trinajstić information content (AvgIpc) is 3.39. The number of rotatable bonds is 4. The molecule has 1 saturated carbocycles. The zero-order chi connectivity index (χ0) is 19.5. The molecule has 0 atom stereocenters. The van der Waals surface area contributed by atoms with Gasteiger partial charge in [0.15, 0.2) is 0 Å². The van der Waals surface area contributed by atoms with Gasteiger partial charge in [0.1, 0.15) is 5.82 Å². The third-order valence-corrected chi connectivity index (χ3v) is 5.57. The monoisotopic (exact) mass is 382 g/mol. The minimum Gasteiger partial charge on any atom is -0.378 e. The quantitative estimate of drug-likeness (QED) is 0.882. The van der Waals surface area contributed by atoms with Crippen LogP contribution in [0.4, 0.5) is 5.82 Å². The number of nitrogens with one attached hydrogen (secondary N) is 1. The highest BCUT2D eigenvalue weighted by Crippen LogP contribution is 2.32. The molecular weight excluding hydrogens is 356 g/mol. The van der Waals surface area contributed by atoms with Gasteiger partial charge in [0.25, 0.3) is 11.8 Å². The largest absolute Gasteiger partial charge is 0.378 e. The molecular formula is C21H26N4O3. The molecule has 1 aliphatic carbocycles. The van der Waals surface area contributed by atoms with Gasteiger partial charge in [-0.15, -0.1) is 0 Å². The Morgan fingerprint density at radius 2 is 1.71 bits per heavy atom. The minimum absolute atomic E-state index is 0.0228. The normalized spacial score (nSPS) is 17.7. The number of nitrogens with zero attached hydrogens (tertiary/aromatic N) is 3. The average molecular weight is 382 g/mol. The summed E-state index contributed by atoms with van der Waals surface area (Å²) in [6.45, 7) is 4.30. The first-order valence-electron chi connectivity index (χ1n) is 9.96. The van der Waals surface area contributed by atoms with E-state index < -0.39 is 0 Å². The van der Waals surface area contributed by atoms with Crippen molar-refractivity contribution in [1.29, 1.82) is 0 Å². The number of morpholine rings is 1. The lowest BCUT2D eigenvalue weighted by atomic mass is 10.1. The van der Waals surface area contributed by atoms with Gasteiger partial charge in [0.05, 0.1) is 25.5 Å². The minimum atomic E-state index is -0.187. The van der Waals surface area contributed by atoms with Crippen LogP contribution in [-0.4, -0.2) is 52.8 Å². The Morgan fingerprint density at radius 3 is 2.39 bits per heavy atom. The van der Waals surface area contributed by atoms with Crippen molar-refractivity contribution >= 4 is 17.6 Å². The van der Waals surface area contributed by atoms with Gasteiger partial charge < -0.3 is 15.0 Å². The van der Waals surface area contributed by atoms with Crippen LogP contribution in [-0.2, 0) is 4.74 Å². The second-order valence-corrected chi connectivity index (χ2v) is 7.50. The van der Waals surface area contributed by atoms with Gasteiger partial charge in [0, 0.05) is 29.8 Å². The van der Waals surface area contributed by atoms with E-state index in [1.807, 2.05) is 11.6 Å². The Kier molecular flexibility index (Phi) is 5.43. The number of amides is 2. The van der Waals surface area contributed by atoms with Crippen LogP contribution in [0.3, 0.4) is 0 Å². The van der Waals surface area contributed by atoms with Crippen LogP contribution in [0.5, 0.6) is 0 Å². The zero-order valence-electron chi connectivity index (χ0n) is 16.2. The highest BCUT2D eigenvalue weighted by molar-refractivity contribution is 6.05. The van der Waals surface area contributed by atoms with E-state index in [0.29, 0.717) is 43.5 Å². The summed E-state index contributed by atoms with van der Waals surface area (Å²) in [4.78, 5) is 27.1. The van der Waals surface area contributed by atoms with Gasteiger partial charge >= 0.3 is 0 Å². The molecule has 1 aliphatic heterocycles. The topological polar surface area (TPSA) is 76.5 Å². The molecule has 1 N–H and O–H groups in total. The number of ether oxygens (including phenoxy) is 1. The van der Waals surface area contributed by atoms with E-state index in [4.69, 9.17) is 4.74 Å². The standard InChI is InChI=1S/C21H26N4O3/c1-15-14-22-25(18-4-2-3-5-18)19(15)23-20(26)16-6-8-17(9-7-16)21(27)24-10-12-28-13-11-24/h6-9,14,18H,2-5,10-13H2,1H3,(H,23,26). The third-order valence-electron chi connectivity index (χ3n) is 5.57. The lowest BCUT2D eigenvalue weighted by Gasteiger charge is -2.26. The number of carbonyl (C=O) groups is 2. The molecule has 1 aromatic heterocycles. The Balaban J connectivity index is 1.46. The summed E-state index contributed by atoms with van der Waals surface area (Å²) in [5.41, 5.74) is 2.07. The molecule has 0 bridgehead atoms. The molecule has 0 unspecified atom stereocenters. The number of hydrogen-bond donors (Lipinski definition) is 1. The van der Waals surface area contributed by atoms with Crippen LogP contribution in [0.1, 0.15) is 58.0 Å². The Hall–Kier alpha value is -2.67. The van der Waals surface area contributed by atoms with Gasteiger partial charge in [-0.1, -0.05) is 12.8 Å². The summed E-state index contributed by atoms with van der Waals surface area (Å²) in [7, 11) is 0. The highest BCUT2D eigenvalue weighted by atomic mass is 16.5. The number of benzene rings is 1. The van der Waals surface area contributed by atoms with Crippen LogP contribution in [0.2, 0.25) is 0 Å². The lowest BCUT2D eigenvalue weighted by molar-refractivity contribution is 0.0303. The molecule has 7 heteroatoms. The summed E-state index contributed by atoms with van der Waals surface area (Å²) in [6, 6.07) is 7.20. The lowest BCUT2D eigenvalue weighted by Crippen LogP contribution is -2.40. The Labute approximate surface area is 164 Å². The molecule has 7 nitrogen and oxygen atoms in total. The number of carbonyl (C=O) groups excluding carboxylic acids is 2. The summed E-state index contributed by atoms with van der Waals surface area (Å²) >= 11 is 0. The predicted molar refractivity (Wildman–Crippen MR) is 106 cm³/mol. The van der Waals surface area contributed by atoms with Crippen molar-refractivity contribution < 1.29 is 14.3 Å². The van der Waals surface area contributed by atoms with E-state index in [2.05, 4.69) is 10.4 Å². The molecule has 2 fully saturated rings. The molecule has 2 amide bonds. The second kappa shape index (κ2) is 8.14. The maximum Gasteiger partial charge on any atom is 0.256 e. The summed E-state index contributed by atoms with van der Waals surface area (Å²) in [5.74, 6) is 0.559. The first-order valence-corrected chi connectivity index (χ1v) is 9.96. The first-order chi connectivity index (χ1) is 13.6. The Bertz CT molecular complexity index is 847. The first kappa shape index (κ1) is 18.7. The number of hydrogen-bond acceptors (Lipinski definition) is 4. The van der Waals surface area contributed by atoms with E-state index >= 15 is 0 Å². The molecule has 0 spiro atoms. The molecule has 0 radical (unpaired) electrons. The fourth-order valence-corrected chi connectivity index (χ4v) is 3.92. The van der Waals surface area contributed by atoms with Crippen molar-refractivity contribution in [2.75, 3.05) is 31.6 Å². The maximum atomic E-state index is 12.8. The second-order valence-electron chi connectivity index (χ2n) is 7.50. The van der Waals surface area contributed by atoms with Crippen molar-refractivity contribution in [3.05, 3.63) is 47.2 Å². The molecule has 148 valence electrons. The van der Waals surface area contributed by atoms with Gasteiger partial charge in [0.2, 0.25) is 0 Å². The van der Waals surface area contributed by atoms with E-state index in [-0.39, 0.29) is 11.8 Å². The molecule has 1 saturated heterocycles. The summed E-state index contributed by atoms with van der Waals surface area (Å²) in [6.07, 6.45) is 6.41. The molecule has 1 aromatic carbocycles. The van der Waals surface area contributed by atoms with Gasteiger partial charge in [-0.3, -0.25) is 9.59 Å². The van der Waals surface area contributed by atoms with E-state index in [1.54, 1.807) is 35.4 Å².